The van der Waals surface area contributed by atoms with E-state index in [2.05, 4.69) is 16.0 Å². The van der Waals surface area contributed by atoms with E-state index in [9.17, 15) is 14.4 Å². The van der Waals surface area contributed by atoms with E-state index in [1.54, 1.807) is 11.8 Å². The highest BCUT2D eigenvalue weighted by molar-refractivity contribution is 5.83. The zero-order chi connectivity index (χ0) is 34.2. The Bertz CT molecular complexity index is 1510. The molecule has 0 aromatic heterocycles. The number of carbonyl (C=O) groups is 3. The number of fused-ring (bicyclic) bond motifs is 1. The van der Waals surface area contributed by atoms with Crippen molar-refractivity contribution in [2.75, 3.05) is 13.1 Å². The zero-order valence-electron chi connectivity index (χ0n) is 28.3. The Balaban J connectivity index is 1.21. The third-order valence-corrected chi connectivity index (χ3v) is 9.86. The molecule has 3 N–H and O–H groups in total. The van der Waals surface area contributed by atoms with Crippen LogP contribution in [-0.4, -0.2) is 72.3 Å². The Morgan fingerprint density at radius 3 is 1.76 bits per heavy atom. The van der Waals surface area contributed by atoms with Gasteiger partial charge in [0.1, 0.15) is 12.2 Å². The molecule has 6 atom stereocenters. The van der Waals surface area contributed by atoms with E-state index in [0.29, 0.717) is 25.0 Å². The average molecular weight is 669 g/mol. The predicted molar refractivity (Wildman–Crippen MR) is 185 cm³/mol. The third kappa shape index (κ3) is 8.86. The highest BCUT2D eigenvalue weighted by Crippen LogP contribution is 2.52. The number of hydrogen-bond acceptors (Lipinski definition) is 6. The number of nitrogens with one attached hydrogen (secondary N) is 3. The largest absolute Gasteiger partial charge is 0.368 e. The van der Waals surface area contributed by atoms with Crippen LogP contribution in [0.2, 0.25) is 0 Å². The molecule has 0 radical (unpaired) electrons. The molecule has 1 saturated heterocycles. The Labute approximate surface area is 288 Å². The van der Waals surface area contributed by atoms with Crippen LogP contribution in [0, 0.1) is 11.8 Å². The van der Waals surface area contributed by atoms with Crippen LogP contribution < -0.4 is 16.0 Å². The van der Waals surface area contributed by atoms with Gasteiger partial charge in [0, 0.05) is 32.1 Å². The molecule has 6 rings (SSSR count). The molecule has 4 amide bonds. The van der Waals surface area contributed by atoms with Gasteiger partial charge >= 0.3 is 6.03 Å². The maximum Gasteiger partial charge on any atom is 0.315 e. The minimum Gasteiger partial charge on any atom is -0.368 e. The standard InChI is InChI=1S/C39H48N4O6/c1-3-19-43-33(22-40-39(46)42-30-20-31-32(21-30)34(31)41-26(2)44)35(47-23-27-13-7-4-8-14-27)36(48-24-28-15-9-5-10-16-28)37(38(43)45)49-25-29-17-11-6-12-18-29/h4-18,30-37H,3,19-25H2,1-2H3,(H,41,44)(H2,40,42,46)/t30?,31?,32?,33-,34?,35-,36-,37-/m1/s1. The summed E-state index contributed by atoms with van der Waals surface area (Å²) < 4.78 is 19.8. The minimum atomic E-state index is -0.914. The van der Waals surface area contributed by atoms with E-state index in [-0.39, 0.29) is 49.7 Å². The van der Waals surface area contributed by atoms with E-state index in [1.165, 1.54) is 0 Å². The summed E-state index contributed by atoms with van der Waals surface area (Å²) in [5, 5.41) is 9.21. The maximum absolute atomic E-state index is 14.4. The van der Waals surface area contributed by atoms with Crippen LogP contribution in [0.3, 0.4) is 0 Å². The summed E-state index contributed by atoms with van der Waals surface area (Å²) >= 11 is 0. The van der Waals surface area contributed by atoms with Gasteiger partial charge in [-0.1, -0.05) is 97.9 Å². The topological polar surface area (TPSA) is 118 Å². The second-order valence-electron chi connectivity index (χ2n) is 13.4. The summed E-state index contributed by atoms with van der Waals surface area (Å²) in [5.74, 6) is 0.637. The van der Waals surface area contributed by atoms with E-state index in [4.69, 9.17) is 14.2 Å². The SMILES string of the molecule is CCCN1C(=O)[C@H](OCc2ccccc2)[C@H](OCc2ccccc2)[C@H](OCc2ccccc2)[C@H]1CNC(=O)NC1CC2C(C1)C2NC(C)=O. The van der Waals surface area contributed by atoms with Crippen molar-refractivity contribution in [2.24, 2.45) is 11.8 Å². The zero-order valence-corrected chi connectivity index (χ0v) is 28.3. The fraction of sp³-hybridized carbons (Fsp3) is 0.462. The lowest BCUT2D eigenvalue weighted by Crippen LogP contribution is -2.68. The van der Waals surface area contributed by atoms with E-state index in [0.717, 1.165) is 36.0 Å². The number of likely N-dealkylation sites (tertiary alicyclic amines) is 1. The Morgan fingerprint density at radius 2 is 1.24 bits per heavy atom. The van der Waals surface area contributed by atoms with Crippen molar-refractivity contribution in [3.05, 3.63) is 108 Å². The van der Waals surface area contributed by atoms with Crippen LogP contribution in [0.15, 0.2) is 91.0 Å². The number of amides is 4. The van der Waals surface area contributed by atoms with E-state index >= 15 is 0 Å². The average Bonchev–Trinajstić information content (AvgIpc) is 3.53. The van der Waals surface area contributed by atoms with Gasteiger partial charge in [0.15, 0.2) is 6.10 Å². The molecule has 2 unspecified atom stereocenters. The molecule has 49 heavy (non-hydrogen) atoms. The first-order chi connectivity index (χ1) is 23.9. The van der Waals surface area contributed by atoms with Crippen molar-refractivity contribution < 1.29 is 28.6 Å². The fourth-order valence-electron chi connectivity index (χ4n) is 7.47. The normalized spacial score (nSPS) is 27.3. The van der Waals surface area contributed by atoms with E-state index in [1.807, 2.05) is 97.9 Å². The van der Waals surface area contributed by atoms with Crippen molar-refractivity contribution >= 4 is 17.8 Å². The first kappa shape index (κ1) is 34.6. The van der Waals surface area contributed by atoms with E-state index < -0.39 is 24.4 Å². The molecular weight excluding hydrogens is 620 g/mol. The number of piperidine rings is 1. The number of ether oxygens (including phenoxy) is 3. The van der Waals surface area contributed by atoms with Crippen molar-refractivity contribution in [3.63, 3.8) is 0 Å². The number of nitrogens with zero attached hydrogens (tertiary/aromatic N) is 1. The van der Waals surface area contributed by atoms with Gasteiger partial charge in [-0.2, -0.15) is 0 Å². The molecule has 3 fully saturated rings. The van der Waals surface area contributed by atoms with Gasteiger partial charge < -0.3 is 35.1 Å². The number of rotatable bonds is 15. The fourth-order valence-corrected chi connectivity index (χ4v) is 7.47. The smallest absolute Gasteiger partial charge is 0.315 e. The van der Waals surface area contributed by atoms with Crippen molar-refractivity contribution in [3.8, 4) is 0 Å². The number of urea groups is 1. The lowest BCUT2D eigenvalue weighted by atomic mass is 9.91. The first-order valence-electron chi connectivity index (χ1n) is 17.5. The quantitative estimate of drug-likeness (QED) is 0.218. The highest BCUT2D eigenvalue weighted by Gasteiger charge is 2.57. The van der Waals surface area contributed by atoms with Crippen LogP contribution in [0.1, 0.15) is 49.8 Å². The van der Waals surface area contributed by atoms with Gasteiger partial charge in [-0.15, -0.1) is 0 Å². The summed E-state index contributed by atoms with van der Waals surface area (Å²) in [6.07, 6.45) is 0.142. The second-order valence-corrected chi connectivity index (χ2v) is 13.4. The molecule has 2 aliphatic carbocycles. The molecular formula is C39H48N4O6. The van der Waals surface area contributed by atoms with Crippen molar-refractivity contribution in [2.45, 2.75) is 89.4 Å². The minimum absolute atomic E-state index is 0.0110. The van der Waals surface area contributed by atoms with Gasteiger partial charge in [-0.05, 0) is 47.8 Å². The lowest BCUT2D eigenvalue weighted by molar-refractivity contribution is -0.208. The van der Waals surface area contributed by atoms with Gasteiger partial charge in [0.25, 0.3) is 5.91 Å². The van der Waals surface area contributed by atoms with Crippen molar-refractivity contribution in [1.82, 2.24) is 20.9 Å². The lowest BCUT2D eigenvalue weighted by Gasteiger charge is -2.48. The molecule has 3 aromatic carbocycles. The summed E-state index contributed by atoms with van der Waals surface area (Å²) in [5.41, 5.74) is 2.92. The van der Waals surface area contributed by atoms with Crippen LogP contribution in [-0.2, 0) is 43.6 Å². The van der Waals surface area contributed by atoms with Crippen LogP contribution in [0.5, 0.6) is 0 Å². The molecule has 1 aliphatic heterocycles. The van der Waals surface area contributed by atoms with Crippen molar-refractivity contribution in [1.29, 1.82) is 0 Å². The Kier molecular flexibility index (Phi) is 11.6. The number of benzene rings is 3. The second kappa shape index (κ2) is 16.4. The number of carbonyl (C=O) groups excluding carboxylic acids is 3. The van der Waals surface area contributed by atoms with Crippen LogP contribution in [0.25, 0.3) is 0 Å². The molecule has 0 spiro atoms. The van der Waals surface area contributed by atoms with Crippen LogP contribution >= 0.6 is 0 Å². The molecule has 10 nitrogen and oxygen atoms in total. The maximum atomic E-state index is 14.4. The summed E-state index contributed by atoms with van der Waals surface area (Å²) in [7, 11) is 0. The highest BCUT2D eigenvalue weighted by atomic mass is 16.6. The Hall–Kier alpha value is -4.25. The molecule has 3 aliphatic rings. The van der Waals surface area contributed by atoms with Gasteiger partial charge in [0.2, 0.25) is 5.91 Å². The Morgan fingerprint density at radius 1 is 0.735 bits per heavy atom. The molecule has 10 heteroatoms. The third-order valence-electron chi connectivity index (χ3n) is 9.86. The predicted octanol–water partition coefficient (Wildman–Crippen LogP) is 4.58. The molecule has 2 saturated carbocycles. The molecule has 0 bridgehead atoms. The molecule has 1 heterocycles. The van der Waals surface area contributed by atoms with Gasteiger partial charge in [-0.3, -0.25) is 9.59 Å². The van der Waals surface area contributed by atoms with Gasteiger partial charge in [0.05, 0.1) is 25.9 Å². The summed E-state index contributed by atoms with van der Waals surface area (Å²) in [4.78, 5) is 40.9. The summed E-state index contributed by atoms with van der Waals surface area (Å²) in [6.45, 7) is 5.05. The first-order valence-corrected chi connectivity index (χ1v) is 17.5. The molecule has 260 valence electrons. The summed E-state index contributed by atoms with van der Waals surface area (Å²) in [6, 6.07) is 29.0. The van der Waals surface area contributed by atoms with Crippen LogP contribution in [0.4, 0.5) is 4.79 Å². The van der Waals surface area contributed by atoms with Gasteiger partial charge in [-0.25, -0.2) is 4.79 Å². The number of hydrogen-bond donors (Lipinski definition) is 3. The monoisotopic (exact) mass is 668 g/mol. The molecule has 3 aromatic rings.